The van der Waals surface area contributed by atoms with Crippen molar-refractivity contribution in [1.29, 1.82) is 0 Å². The van der Waals surface area contributed by atoms with Crippen LogP contribution in [-0.2, 0) is 7.05 Å². The van der Waals surface area contributed by atoms with Gasteiger partial charge < -0.3 is 9.88 Å². The van der Waals surface area contributed by atoms with Gasteiger partial charge in [0.1, 0.15) is 0 Å². The van der Waals surface area contributed by atoms with Crippen LogP contribution in [0.3, 0.4) is 0 Å². The number of nitrogens with one attached hydrogen (secondary N) is 1. The van der Waals surface area contributed by atoms with Crippen LogP contribution in [0.2, 0.25) is 10.0 Å². The molecule has 6 heteroatoms. The lowest BCUT2D eigenvalue weighted by Crippen LogP contribution is -2.19. The first-order chi connectivity index (χ1) is 8.95. The number of nitrogens with zero attached hydrogens (tertiary/aromatic N) is 1. The Morgan fingerprint density at radius 2 is 1.79 bits per heavy atom. The number of halogens is 2. The number of aryl methyl sites for hydroxylation is 1. The van der Waals surface area contributed by atoms with Crippen molar-refractivity contribution < 1.29 is 4.79 Å². The number of hydrogen-bond acceptors (Lipinski definition) is 2. The molecule has 0 spiro atoms. The van der Waals surface area contributed by atoms with Crippen molar-refractivity contribution in [3.63, 3.8) is 0 Å². The third-order valence-corrected chi connectivity index (χ3v) is 2.90. The quantitative estimate of drug-likeness (QED) is 0.926. The number of carbonyl (C=O) groups is 1. The van der Waals surface area contributed by atoms with E-state index in [1.807, 2.05) is 0 Å². The summed E-state index contributed by atoms with van der Waals surface area (Å²) >= 11 is 11.7. The standard InChI is InChI=1S/C13H10Cl2N2O2/c1-17-7-8(2-3-12(17)18)13(19)16-11-5-9(14)4-10(15)6-11/h2-7H,1H3,(H,16,19). The number of anilines is 1. The van der Waals surface area contributed by atoms with E-state index in [1.54, 1.807) is 25.2 Å². The molecule has 0 bridgehead atoms. The maximum absolute atomic E-state index is 12.0. The van der Waals surface area contributed by atoms with Gasteiger partial charge in [0, 0.05) is 35.0 Å². The van der Waals surface area contributed by atoms with E-state index in [0.29, 0.717) is 21.3 Å². The Morgan fingerprint density at radius 1 is 1.16 bits per heavy atom. The van der Waals surface area contributed by atoms with Crippen LogP contribution in [-0.4, -0.2) is 10.5 Å². The number of pyridine rings is 1. The van der Waals surface area contributed by atoms with Gasteiger partial charge in [-0.1, -0.05) is 23.2 Å². The number of hydrogen-bond donors (Lipinski definition) is 1. The van der Waals surface area contributed by atoms with Crippen LogP contribution < -0.4 is 10.9 Å². The Kier molecular flexibility index (Phi) is 3.93. The minimum absolute atomic E-state index is 0.178. The fourth-order valence-electron chi connectivity index (χ4n) is 1.56. The molecule has 0 fully saturated rings. The van der Waals surface area contributed by atoms with Crippen LogP contribution >= 0.6 is 23.2 Å². The maximum Gasteiger partial charge on any atom is 0.257 e. The van der Waals surface area contributed by atoms with Crippen molar-refractivity contribution >= 4 is 34.8 Å². The molecule has 0 atom stereocenters. The van der Waals surface area contributed by atoms with Crippen molar-refractivity contribution in [2.24, 2.45) is 7.05 Å². The minimum Gasteiger partial charge on any atom is -0.322 e. The topological polar surface area (TPSA) is 51.1 Å². The molecule has 0 aliphatic heterocycles. The van der Waals surface area contributed by atoms with Gasteiger partial charge in [-0.2, -0.15) is 0 Å². The van der Waals surface area contributed by atoms with Crippen molar-refractivity contribution in [3.8, 4) is 0 Å². The average Bonchev–Trinajstić information content (AvgIpc) is 2.31. The second kappa shape index (κ2) is 5.47. The van der Waals surface area contributed by atoms with E-state index in [2.05, 4.69) is 5.32 Å². The molecule has 98 valence electrons. The normalized spacial score (nSPS) is 10.3. The predicted molar refractivity (Wildman–Crippen MR) is 76.1 cm³/mol. The third-order valence-electron chi connectivity index (χ3n) is 2.47. The number of carbonyl (C=O) groups excluding carboxylic acids is 1. The lowest BCUT2D eigenvalue weighted by atomic mass is 10.2. The van der Waals surface area contributed by atoms with Crippen molar-refractivity contribution in [1.82, 2.24) is 4.57 Å². The number of rotatable bonds is 2. The summed E-state index contributed by atoms with van der Waals surface area (Å²) < 4.78 is 1.33. The largest absolute Gasteiger partial charge is 0.322 e. The van der Waals surface area contributed by atoms with Crippen LogP contribution in [0.1, 0.15) is 10.4 Å². The molecule has 1 N–H and O–H groups in total. The molecule has 1 aromatic heterocycles. The number of benzene rings is 1. The lowest BCUT2D eigenvalue weighted by Gasteiger charge is -2.07. The summed E-state index contributed by atoms with van der Waals surface area (Å²) in [4.78, 5) is 23.2. The molecule has 0 unspecified atom stereocenters. The zero-order valence-electron chi connectivity index (χ0n) is 9.98. The zero-order chi connectivity index (χ0) is 14.0. The maximum atomic E-state index is 12.0. The first-order valence-electron chi connectivity index (χ1n) is 5.40. The predicted octanol–water partition coefficient (Wildman–Crippen LogP) is 2.94. The molecular weight excluding hydrogens is 287 g/mol. The second-order valence-electron chi connectivity index (χ2n) is 3.98. The second-order valence-corrected chi connectivity index (χ2v) is 4.85. The van der Waals surface area contributed by atoms with Gasteiger partial charge in [0.25, 0.3) is 5.91 Å². The van der Waals surface area contributed by atoms with Gasteiger partial charge in [-0.3, -0.25) is 9.59 Å². The molecule has 1 aromatic carbocycles. The highest BCUT2D eigenvalue weighted by Crippen LogP contribution is 2.22. The fourth-order valence-corrected chi connectivity index (χ4v) is 2.08. The van der Waals surface area contributed by atoms with Gasteiger partial charge >= 0.3 is 0 Å². The summed E-state index contributed by atoms with van der Waals surface area (Å²) in [5.74, 6) is -0.339. The first-order valence-corrected chi connectivity index (χ1v) is 6.15. The lowest BCUT2D eigenvalue weighted by molar-refractivity contribution is 0.102. The summed E-state index contributed by atoms with van der Waals surface area (Å²) in [5.41, 5.74) is 0.692. The molecule has 0 saturated heterocycles. The SMILES string of the molecule is Cn1cc(C(=O)Nc2cc(Cl)cc(Cl)c2)ccc1=O. The zero-order valence-corrected chi connectivity index (χ0v) is 11.5. The van der Waals surface area contributed by atoms with E-state index in [1.165, 1.54) is 22.9 Å². The van der Waals surface area contributed by atoms with Crippen LogP contribution in [0.15, 0.2) is 41.3 Å². The Morgan fingerprint density at radius 3 is 2.37 bits per heavy atom. The Labute approximate surface area is 119 Å². The molecule has 0 saturated carbocycles. The molecule has 2 rings (SSSR count). The average molecular weight is 297 g/mol. The van der Waals surface area contributed by atoms with E-state index in [4.69, 9.17) is 23.2 Å². The Hall–Kier alpha value is -1.78. The smallest absolute Gasteiger partial charge is 0.257 e. The van der Waals surface area contributed by atoms with Gasteiger partial charge in [-0.05, 0) is 24.3 Å². The van der Waals surface area contributed by atoms with Crippen molar-refractivity contribution in [2.45, 2.75) is 0 Å². The summed E-state index contributed by atoms with van der Waals surface area (Å²) in [5, 5.41) is 3.53. The highest BCUT2D eigenvalue weighted by atomic mass is 35.5. The molecule has 0 aliphatic rings. The first kappa shape index (κ1) is 13.6. The highest BCUT2D eigenvalue weighted by molar-refractivity contribution is 6.35. The summed E-state index contributed by atoms with van der Waals surface area (Å²) in [6.45, 7) is 0. The molecule has 0 aliphatic carbocycles. The molecule has 4 nitrogen and oxygen atoms in total. The monoisotopic (exact) mass is 296 g/mol. The summed E-state index contributed by atoms with van der Waals surface area (Å²) in [6.07, 6.45) is 1.46. The molecule has 1 amide bonds. The van der Waals surface area contributed by atoms with E-state index in [9.17, 15) is 9.59 Å². The third kappa shape index (κ3) is 3.36. The minimum atomic E-state index is -0.339. The van der Waals surface area contributed by atoms with E-state index in [-0.39, 0.29) is 11.5 Å². The summed E-state index contributed by atoms with van der Waals surface area (Å²) in [7, 11) is 1.58. The van der Waals surface area contributed by atoms with Crippen LogP contribution in [0.25, 0.3) is 0 Å². The van der Waals surface area contributed by atoms with Gasteiger partial charge in [0.2, 0.25) is 5.56 Å². The Balaban J connectivity index is 2.25. The van der Waals surface area contributed by atoms with E-state index >= 15 is 0 Å². The molecule has 1 heterocycles. The molecule has 0 radical (unpaired) electrons. The van der Waals surface area contributed by atoms with E-state index in [0.717, 1.165) is 0 Å². The van der Waals surface area contributed by atoms with Crippen molar-refractivity contribution in [2.75, 3.05) is 5.32 Å². The van der Waals surface area contributed by atoms with Crippen LogP contribution in [0, 0.1) is 0 Å². The highest BCUT2D eigenvalue weighted by Gasteiger charge is 2.08. The fraction of sp³-hybridized carbons (Fsp3) is 0.0769. The van der Waals surface area contributed by atoms with Gasteiger partial charge in [0.15, 0.2) is 0 Å². The Bertz CT molecular complexity index is 675. The summed E-state index contributed by atoms with van der Waals surface area (Å²) in [6, 6.07) is 7.55. The van der Waals surface area contributed by atoms with Crippen LogP contribution in [0.4, 0.5) is 5.69 Å². The molecule has 2 aromatic rings. The number of aromatic nitrogens is 1. The van der Waals surface area contributed by atoms with Crippen molar-refractivity contribution in [3.05, 3.63) is 62.5 Å². The molecule has 19 heavy (non-hydrogen) atoms. The molecular formula is C13H10Cl2N2O2. The van der Waals surface area contributed by atoms with Gasteiger partial charge in [-0.25, -0.2) is 0 Å². The number of amides is 1. The van der Waals surface area contributed by atoms with Crippen LogP contribution in [0.5, 0.6) is 0 Å². The van der Waals surface area contributed by atoms with Gasteiger partial charge in [0.05, 0.1) is 5.56 Å². The van der Waals surface area contributed by atoms with E-state index < -0.39 is 0 Å². The van der Waals surface area contributed by atoms with Gasteiger partial charge in [-0.15, -0.1) is 0 Å².